The summed E-state index contributed by atoms with van der Waals surface area (Å²) in [6, 6.07) is -1.29. The van der Waals surface area contributed by atoms with Crippen LogP contribution in [0.5, 0.6) is 0 Å². The second-order valence-corrected chi connectivity index (χ2v) is 9.40. The first-order valence-corrected chi connectivity index (χ1v) is 11.2. The number of nitrogens with one attached hydrogen (secondary N) is 1. The van der Waals surface area contributed by atoms with Gasteiger partial charge in [0.1, 0.15) is 0 Å². The molecule has 0 bridgehead atoms. The topological polar surface area (TPSA) is 116 Å². The third kappa shape index (κ3) is 5.90. The van der Waals surface area contributed by atoms with E-state index in [0.29, 0.717) is 19.3 Å². The first-order valence-electron chi connectivity index (χ1n) is 9.63. The number of carbonyl (C=O) groups is 1. The molecule has 2 fully saturated rings. The fourth-order valence-electron chi connectivity index (χ4n) is 4.14. The molecule has 0 aromatic carbocycles. The van der Waals surface area contributed by atoms with E-state index in [1.54, 1.807) is 6.92 Å². The molecule has 1 N–H and O–H groups in total. The van der Waals surface area contributed by atoms with E-state index in [9.17, 15) is 23.3 Å². The molecule has 3 atom stereocenters. The molecule has 2 aliphatic rings. The number of hydrogen-bond donors (Lipinski definition) is 1. The van der Waals surface area contributed by atoms with Crippen LogP contribution in [0.15, 0.2) is 0 Å². The Morgan fingerprint density at radius 1 is 1.19 bits per heavy atom. The van der Waals surface area contributed by atoms with Crippen molar-refractivity contribution in [2.75, 3.05) is 6.61 Å². The lowest BCUT2D eigenvalue weighted by atomic mass is 9.83. The van der Waals surface area contributed by atoms with Crippen LogP contribution in [0.3, 0.4) is 0 Å². The van der Waals surface area contributed by atoms with Gasteiger partial charge in [-0.3, -0.25) is 14.9 Å². The lowest BCUT2D eigenvalue weighted by molar-refractivity contribution is -0.526. The minimum absolute atomic E-state index is 0.0170. The highest BCUT2D eigenvalue weighted by Crippen LogP contribution is 2.30. The molecule has 0 radical (unpaired) electrons. The van der Waals surface area contributed by atoms with Crippen molar-refractivity contribution in [1.82, 2.24) is 4.72 Å². The van der Waals surface area contributed by atoms with Crippen LogP contribution < -0.4 is 4.72 Å². The summed E-state index contributed by atoms with van der Waals surface area (Å²) in [4.78, 5) is 22.6. The van der Waals surface area contributed by atoms with Gasteiger partial charge in [0.2, 0.25) is 16.1 Å². The molecule has 0 amide bonds. The maximum Gasteiger partial charge on any atom is 0.307 e. The molecule has 0 aliphatic heterocycles. The lowest BCUT2D eigenvalue weighted by Gasteiger charge is -2.32. The number of ether oxygens (including phenoxy) is 1. The van der Waals surface area contributed by atoms with Gasteiger partial charge in [-0.15, -0.1) is 0 Å². The molecule has 0 aromatic rings. The summed E-state index contributed by atoms with van der Waals surface area (Å²) in [5.41, 5.74) is 0. The van der Waals surface area contributed by atoms with Gasteiger partial charge >= 0.3 is 5.97 Å². The number of rotatable bonds is 8. The normalized spacial score (nSPS) is 26.2. The standard InChI is InChI=1S/C17H30N2O6S/c1-2-25-17(20)12-16(13-7-4-3-5-8-13)18-26(23,24)15-10-6-9-14(11-15)19(21)22/h13-16,18H,2-12H2,1H3. The molecule has 2 saturated carbocycles. The summed E-state index contributed by atoms with van der Waals surface area (Å²) in [6.07, 6.45) is 6.39. The maximum absolute atomic E-state index is 12.9. The van der Waals surface area contributed by atoms with E-state index in [4.69, 9.17) is 4.74 Å². The van der Waals surface area contributed by atoms with E-state index in [-0.39, 0.29) is 30.3 Å². The Hall–Kier alpha value is -1.22. The van der Waals surface area contributed by atoms with E-state index < -0.39 is 33.3 Å². The van der Waals surface area contributed by atoms with Crippen LogP contribution in [-0.2, 0) is 19.6 Å². The number of sulfonamides is 1. The quantitative estimate of drug-likeness (QED) is 0.386. The van der Waals surface area contributed by atoms with Crippen LogP contribution in [-0.4, -0.2) is 43.3 Å². The number of nitrogens with zero attached hydrogens (tertiary/aromatic N) is 1. The minimum Gasteiger partial charge on any atom is -0.466 e. The average Bonchev–Trinajstić information content (AvgIpc) is 2.62. The van der Waals surface area contributed by atoms with E-state index in [2.05, 4.69) is 4.72 Å². The summed E-state index contributed by atoms with van der Waals surface area (Å²) < 4.78 is 33.5. The maximum atomic E-state index is 12.9. The molecular formula is C17H30N2O6S. The second kappa shape index (κ2) is 9.64. The first kappa shape index (κ1) is 21.1. The molecule has 0 spiro atoms. The lowest BCUT2D eigenvalue weighted by Crippen LogP contribution is -2.48. The third-order valence-electron chi connectivity index (χ3n) is 5.56. The fourth-order valence-corrected chi connectivity index (χ4v) is 5.98. The summed E-state index contributed by atoms with van der Waals surface area (Å²) in [6.45, 7) is 1.98. The number of carbonyl (C=O) groups excluding carboxylic acids is 1. The SMILES string of the molecule is CCOC(=O)CC(NS(=O)(=O)C1CCCC([N+](=O)[O-])C1)C1CCCCC1. The van der Waals surface area contributed by atoms with Crippen molar-refractivity contribution in [3.8, 4) is 0 Å². The van der Waals surface area contributed by atoms with Gasteiger partial charge in [-0.25, -0.2) is 13.1 Å². The van der Waals surface area contributed by atoms with E-state index >= 15 is 0 Å². The zero-order chi connectivity index (χ0) is 19.2. The van der Waals surface area contributed by atoms with Crippen molar-refractivity contribution in [2.45, 2.75) is 88.5 Å². The Morgan fingerprint density at radius 3 is 2.50 bits per heavy atom. The summed E-state index contributed by atoms with van der Waals surface area (Å²) >= 11 is 0. The van der Waals surface area contributed by atoms with Crippen LogP contribution in [0.25, 0.3) is 0 Å². The summed E-state index contributed by atoms with van der Waals surface area (Å²) in [7, 11) is -3.72. The summed E-state index contributed by atoms with van der Waals surface area (Å²) in [5, 5.41) is 10.3. The molecule has 9 heteroatoms. The molecule has 2 aliphatic carbocycles. The van der Waals surface area contributed by atoms with Crippen molar-refractivity contribution in [1.29, 1.82) is 0 Å². The third-order valence-corrected chi connectivity index (χ3v) is 7.50. The van der Waals surface area contributed by atoms with Gasteiger partial charge in [-0.1, -0.05) is 19.3 Å². The highest BCUT2D eigenvalue weighted by Gasteiger charge is 2.39. The number of esters is 1. The molecular weight excluding hydrogens is 360 g/mol. The molecule has 3 unspecified atom stereocenters. The predicted octanol–water partition coefficient (Wildman–Crippen LogP) is 2.40. The molecule has 26 heavy (non-hydrogen) atoms. The molecule has 0 heterocycles. The summed E-state index contributed by atoms with van der Waals surface area (Å²) in [5.74, 6) is -0.296. The van der Waals surface area contributed by atoms with Gasteiger partial charge in [0, 0.05) is 23.8 Å². The molecule has 8 nitrogen and oxygen atoms in total. The first-order chi connectivity index (χ1) is 12.3. The van der Waals surface area contributed by atoms with Crippen LogP contribution in [0, 0.1) is 16.0 Å². The van der Waals surface area contributed by atoms with Gasteiger partial charge in [0.15, 0.2) is 0 Å². The van der Waals surface area contributed by atoms with Crippen LogP contribution in [0.2, 0.25) is 0 Å². The monoisotopic (exact) mass is 390 g/mol. The van der Waals surface area contributed by atoms with Crippen molar-refractivity contribution < 1.29 is 22.9 Å². The van der Waals surface area contributed by atoms with E-state index in [1.807, 2.05) is 0 Å². The zero-order valence-electron chi connectivity index (χ0n) is 15.4. The molecule has 150 valence electrons. The Kier molecular flexibility index (Phi) is 7.82. The second-order valence-electron chi connectivity index (χ2n) is 7.40. The van der Waals surface area contributed by atoms with E-state index in [0.717, 1.165) is 32.1 Å². The molecule has 0 aromatic heterocycles. The largest absolute Gasteiger partial charge is 0.466 e. The zero-order valence-corrected chi connectivity index (χ0v) is 16.2. The van der Waals surface area contributed by atoms with Gasteiger partial charge in [0.25, 0.3) is 0 Å². The Morgan fingerprint density at radius 2 is 1.88 bits per heavy atom. The van der Waals surface area contributed by atoms with Gasteiger partial charge in [0.05, 0.1) is 18.3 Å². The van der Waals surface area contributed by atoms with Crippen molar-refractivity contribution in [2.24, 2.45) is 5.92 Å². The average molecular weight is 391 g/mol. The predicted molar refractivity (Wildman–Crippen MR) is 96.7 cm³/mol. The molecule has 0 saturated heterocycles. The van der Waals surface area contributed by atoms with E-state index in [1.165, 1.54) is 0 Å². The number of hydrogen-bond acceptors (Lipinski definition) is 6. The highest BCUT2D eigenvalue weighted by molar-refractivity contribution is 7.90. The Bertz CT molecular complexity index is 588. The number of nitro groups is 1. The fraction of sp³-hybridized carbons (Fsp3) is 0.941. The van der Waals surface area contributed by atoms with Gasteiger partial charge in [-0.2, -0.15) is 0 Å². The van der Waals surface area contributed by atoms with Gasteiger partial charge in [-0.05, 0) is 38.5 Å². The van der Waals surface area contributed by atoms with Gasteiger partial charge < -0.3 is 4.74 Å². The Labute approximate surface area is 155 Å². The molecule has 2 rings (SSSR count). The van der Waals surface area contributed by atoms with Crippen LogP contribution in [0.4, 0.5) is 0 Å². The minimum atomic E-state index is -3.72. The van der Waals surface area contributed by atoms with Crippen LogP contribution in [0.1, 0.15) is 71.1 Å². The highest BCUT2D eigenvalue weighted by atomic mass is 32.2. The van der Waals surface area contributed by atoms with Crippen molar-refractivity contribution >= 4 is 16.0 Å². The van der Waals surface area contributed by atoms with Crippen molar-refractivity contribution in [3.05, 3.63) is 10.1 Å². The van der Waals surface area contributed by atoms with Crippen molar-refractivity contribution in [3.63, 3.8) is 0 Å². The van der Waals surface area contributed by atoms with Crippen LogP contribution >= 0.6 is 0 Å². The Balaban J connectivity index is 2.08. The smallest absolute Gasteiger partial charge is 0.307 e.